The van der Waals surface area contributed by atoms with Crippen LogP contribution in [0.15, 0.2) is 24.3 Å². The molecule has 1 aliphatic heterocycles. The van der Waals surface area contributed by atoms with E-state index in [1.807, 2.05) is 32.0 Å². The molecule has 0 aromatic heterocycles. The second-order valence-corrected chi connectivity index (χ2v) is 5.19. The summed E-state index contributed by atoms with van der Waals surface area (Å²) < 4.78 is 0. The molecule has 0 saturated carbocycles. The Morgan fingerprint density at radius 2 is 2.12 bits per heavy atom. The van der Waals surface area contributed by atoms with Gasteiger partial charge in [-0.1, -0.05) is 12.1 Å². The average Bonchev–Trinajstić information content (AvgIpc) is 2.24. The van der Waals surface area contributed by atoms with Gasteiger partial charge in [0.15, 0.2) is 0 Å². The number of rotatable bonds is 1. The lowest BCUT2D eigenvalue weighted by Gasteiger charge is -2.28. The van der Waals surface area contributed by atoms with Gasteiger partial charge in [0.1, 0.15) is 0 Å². The van der Waals surface area contributed by atoms with Gasteiger partial charge in [-0.2, -0.15) is 0 Å². The lowest BCUT2D eigenvalue weighted by atomic mass is 10.2. The highest BCUT2D eigenvalue weighted by atomic mass is 32.2. The van der Waals surface area contributed by atoms with Crippen LogP contribution in [0.2, 0.25) is 0 Å². The zero-order valence-corrected chi connectivity index (χ0v) is 10.1. The number of hydrogen-bond donors (Lipinski definition) is 0. The summed E-state index contributed by atoms with van der Waals surface area (Å²) >= 11 is 1.40. The molecule has 2 amide bonds. The van der Waals surface area contributed by atoms with Crippen molar-refractivity contribution in [2.45, 2.75) is 19.1 Å². The number of carbonyl (C=O) groups excluding carboxylic acids is 2. The van der Waals surface area contributed by atoms with Gasteiger partial charge in [0, 0.05) is 0 Å². The Morgan fingerprint density at radius 1 is 1.38 bits per heavy atom. The maximum atomic E-state index is 11.9. The number of nitrogens with zero attached hydrogens (tertiary/aromatic N) is 1. The Balaban J connectivity index is 2.37. The van der Waals surface area contributed by atoms with Crippen molar-refractivity contribution in [3.8, 4) is 0 Å². The number of amides is 2. The Hall–Kier alpha value is -1.29. The minimum Gasteiger partial charge on any atom is -0.273 e. The summed E-state index contributed by atoms with van der Waals surface area (Å²) in [7, 11) is 0. The second-order valence-electron chi connectivity index (χ2n) is 3.86. The fourth-order valence-electron chi connectivity index (χ4n) is 1.68. The number of imide groups is 1. The quantitative estimate of drug-likeness (QED) is 0.699. The van der Waals surface area contributed by atoms with Gasteiger partial charge >= 0.3 is 0 Å². The molecule has 0 N–H and O–H groups in total. The van der Waals surface area contributed by atoms with Gasteiger partial charge in [0.25, 0.3) is 0 Å². The van der Waals surface area contributed by atoms with E-state index in [0.29, 0.717) is 11.4 Å². The Kier molecular flexibility index (Phi) is 3.01. The number of thioether (sulfide) groups is 1. The first-order valence-electron chi connectivity index (χ1n) is 5.14. The smallest absolute Gasteiger partial charge is 0.246 e. The highest BCUT2D eigenvalue weighted by Gasteiger charge is 2.33. The molecule has 1 fully saturated rings. The largest absolute Gasteiger partial charge is 0.273 e. The van der Waals surface area contributed by atoms with Gasteiger partial charge in [-0.3, -0.25) is 9.59 Å². The number of anilines is 1. The Labute approximate surface area is 98.8 Å². The van der Waals surface area contributed by atoms with Gasteiger partial charge in [0.2, 0.25) is 11.8 Å². The second kappa shape index (κ2) is 4.29. The SMILES string of the molecule is Cc1cccc(N2C(=O)CSC(C)C2=O)c1. The zero-order chi connectivity index (χ0) is 11.7. The average molecular weight is 235 g/mol. The zero-order valence-electron chi connectivity index (χ0n) is 9.27. The van der Waals surface area contributed by atoms with Gasteiger partial charge in [-0.15, -0.1) is 11.8 Å². The normalized spacial score (nSPS) is 21.4. The molecule has 1 aromatic rings. The van der Waals surface area contributed by atoms with Crippen LogP contribution in [0, 0.1) is 6.92 Å². The maximum absolute atomic E-state index is 11.9. The van der Waals surface area contributed by atoms with E-state index in [0.717, 1.165) is 5.56 Å². The van der Waals surface area contributed by atoms with Crippen molar-refractivity contribution in [2.24, 2.45) is 0 Å². The molecule has 3 nitrogen and oxygen atoms in total. The molecule has 1 aliphatic rings. The molecular weight excluding hydrogens is 222 g/mol. The van der Waals surface area contributed by atoms with E-state index >= 15 is 0 Å². The summed E-state index contributed by atoms with van der Waals surface area (Å²) in [5.74, 6) is 0.131. The molecule has 4 heteroatoms. The predicted molar refractivity (Wildman–Crippen MR) is 65.6 cm³/mol. The number of benzene rings is 1. The summed E-state index contributed by atoms with van der Waals surface area (Å²) in [5.41, 5.74) is 1.73. The van der Waals surface area contributed by atoms with Gasteiger partial charge in [-0.05, 0) is 31.5 Å². The van der Waals surface area contributed by atoms with Crippen LogP contribution in [0.1, 0.15) is 12.5 Å². The molecule has 16 heavy (non-hydrogen) atoms. The van der Waals surface area contributed by atoms with Gasteiger partial charge < -0.3 is 0 Å². The highest BCUT2D eigenvalue weighted by Crippen LogP contribution is 2.26. The topological polar surface area (TPSA) is 37.4 Å². The fraction of sp³-hybridized carbons (Fsp3) is 0.333. The van der Waals surface area contributed by atoms with Crippen LogP contribution in [-0.2, 0) is 9.59 Å². The molecule has 0 aliphatic carbocycles. The first-order chi connectivity index (χ1) is 7.59. The van der Waals surface area contributed by atoms with Crippen molar-refractivity contribution in [1.29, 1.82) is 0 Å². The first-order valence-corrected chi connectivity index (χ1v) is 6.19. The van der Waals surface area contributed by atoms with Crippen LogP contribution in [0.3, 0.4) is 0 Å². The van der Waals surface area contributed by atoms with Crippen LogP contribution in [0.5, 0.6) is 0 Å². The molecule has 1 aromatic carbocycles. The number of aryl methyl sites for hydroxylation is 1. The lowest BCUT2D eigenvalue weighted by Crippen LogP contribution is -2.46. The third-order valence-electron chi connectivity index (χ3n) is 2.53. The van der Waals surface area contributed by atoms with Gasteiger partial charge in [0.05, 0.1) is 16.7 Å². The van der Waals surface area contributed by atoms with E-state index in [1.54, 1.807) is 6.07 Å². The molecule has 0 radical (unpaired) electrons. The Bertz CT molecular complexity index is 444. The molecule has 0 bridgehead atoms. The van der Waals surface area contributed by atoms with Crippen LogP contribution < -0.4 is 4.90 Å². The molecule has 1 saturated heterocycles. The molecule has 1 atom stereocenters. The highest BCUT2D eigenvalue weighted by molar-refractivity contribution is 8.01. The number of hydrogen-bond acceptors (Lipinski definition) is 3. The van der Waals surface area contributed by atoms with Crippen LogP contribution in [0.4, 0.5) is 5.69 Å². The van der Waals surface area contributed by atoms with Crippen LogP contribution in [-0.4, -0.2) is 22.8 Å². The van der Waals surface area contributed by atoms with Gasteiger partial charge in [-0.25, -0.2) is 4.90 Å². The van der Waals surface area contributed by atoms with Crippen molar-refractivity contribution in [3.05, 3.63) is 29.8 Å². The summed E-state index contributed by atoms with van der Waals surface area (Å²) in [6, 6.07) is 7.46. The van der Waals surface area contributed by atoms with E-state index in [-0.39, 0.29) is 17.1 Å². The Morgan fingerprint density at radius 3 is 2.81 bits per heavy atom. The van der Waals surface area contributed by atoms with Crippen molar-refractivity contribution in [1.82, 2.24) is 0 Å². The van der Waals surface area contributed by atoms with E-state index in [2.05, 4.69) is 0 Å². The lowest BCUT2D eigenvalue weighted by molar-refractivity contribution is -0.125. The van der Waals surface area contributed by atoms with Crippen molar-refractivity contribution in [2.75, 3.05) is 10.7 Å². The van der Waals surface area contributed by atoms with Crippen molar-refractivity contribution < 1.29 is 9.59 Å². The van der Waals surface area contributed by atoms with Crippen LogP contribution >= 0.6 is 11.8 Å². The predicted octanol–water partition coefficient (Wildman–Crippen LogP) is 1.99. The van der Waals surface area contributed by atoms with Crippen molar-refractivity contribution in [3.63, 3.8) is 0 Å². The van der Waals surface area contributed by atoms with Crippen LogP contribution in [0.25, 0.3) is 0 Å². The third-order valence-corrected chi connectivity index (χ3v) is 3.65. The maximum Gasteiger partial charge on any atom is 0.246 e. The van der Waals surface area contributed by atoms with E-state index < -0.39 is 0 Å². The summed E-state index contributed by atoms with van der Waals surface area (Å²) in [5, 5.41) is -0.141. The summed E-state index contributed by atoms with van der Waals surface area (Å²) in [6.07, 6.45) is 0. The first kappa shape index (κ1) is 11.2. The summed E-state index contributed by atoms with van der Waals surface area (Å²) in [4.78, 5) is 25.0. The molecule has 2 rings (SSSR count). The molecule has 84 valence electrons. The molecule has 1 unspecified atom stereocenters. The molecule has 1 heterocycles. The summed E-state index contributed by atoms with van der Waals surface area (Å²) in [6.45, 7) is 3.78. The minimum atomic E-state index is -0.141. The standard InChI is InChI=1S/C12H13NO2S/c1-8-4-3-5-10(6-8)13-11(14)7-16-9(2)12(13)15/h3-6,9H,7H2,1-2H3. The van der Waals surface area contributed by atoms with Crippen molar-refractivity contribution >= 4 is 29.3 Å². The monoisotopic (exact) mass is 235 g/mol. The number of carbonyl (C=O) groups is 2. The minimum absolute atomic E-state index is 0.119. The third kappa shape index (κ3) is 1.97. The fourth-order valence-corrected chi connectivity index (χ4v) is 2.44. The molecular formula is C12H13NO2S. The van der Waals surface area contributed by atoms with E-state index in [1.165, 1.54) is 16.7 Å². The van der Waals surface area contributed by atoms with E-state index in [4.69, 9.17) is 0 Å². The molecule has 0 spiro atoms. The van der Waals surface area contributed by atoms with E-state index in [9.17, 15) is 9.59 Å².